The summed E-state index contributed by atoms with van der Waals surface area (Å²) in [5.74, 6) is -1.74. The van der Waals surface area contributed by atoms with Crippen molar-refractivity contribution >= 4 is 28.0 Å². The Hall–Kier alpha value is -3.21. The van der Waals surface area contributed by atoms with Gasteiger partial charge in [-0.3, -0.25) is 15.0 Å². The lowest BCUT2D eigenvalue weighted by Crippen LogP contribution is -2.35. The summed E-state index contributed by atoms with van der Waals surface area (Å²) in [5.41, 5.74) is 2.05. The van der Waals surface area contributed by atoms with Gasteiger partial charge in [-0.1, -0.05) is 0 Å². The maximum atomic E-state index is 14.2. The van der Waals surface area contributed by atoms with Gasteiger partial charge in [0.2, 0.25) is 0 Å². The number of nitrogens with one attached hydrogen (secondary N) is 1. The van der Waals surface area contributed by atoms with Gasteiger partial charge in [-0.05, 0) is 24.3 Å². The minimum atomic E-state index is -0.713. The molecule has 0 atom stereocenters. The number of pyridine rings is 1. The number of hydrogen-bond acceptors (Lipinski definition) is 6. The fourth-order valence-electron chi connectivity index (χ4n) is 3.61. The lowest BCUT2D eigenvalue weighted by Gasteiger charge is -2.25. The quantitative estimate of drug-likeness (QED) is 0.495. The van der Waals surface area contributed by atoms with Crippen molar-refractivity contribution in [3.63, 3.8) is 0 Å². The number of amides is 1. The number of hydrogen-bond donors (Lipinski definition) is 1. The van der Waals surface area contributed by atoms with E-state index in [1.165, 1.54) is 23.5 Å². The van der Waals surface area contributed by atoms with Crippen molar-refractivity contribution in [3.05, 3.63) is 71.0 Å². The monoisotopic (exact) mass is 455 g/mol. The number of carbonyl (C=O) groups is 1. The molecular formula is C22H19F2N5O2S. The summed E-state index contributed by atoms with van der Waals surface area (Å²) in [6, 6.07) is 6.67. The van der Waals surface area contributed by atoms with Crippen molar-refractivity contribution in [2.24, 2.45) is 0 Å². The number of rotatable bonds is 5. The normalized spacial score (nSPS) is 14.7. The summed E-state index contributed by atoms with van der Waals surface area (Å²) in [6.07, 6.45) is 3.32. The van der Waals surface area contributed by atoms with Gasteiger partial charge in [-0.25, -0.2) is 18.7 Å². The highest BCUT2D eigenvalue weighted by molar-refractivity contribution is 7.14. The third-order valence-corrected chi connectivity index (χ3v) is 6.00. The molecule has 32 heavy (non-hydrogen) atoms. The molecular weight excluding hydrogens is 436 g/mol. The molecule has 164 valence electrons. The van der Waals surface area contributed by atoms with Crippen molar-refractivity contribution in [3.8, 4) is 11.3 Å². The van der Waals surface area contributed by atoms with Crippen LogP contribution in [-0.4, -0.2) is 51.5 Å². The van der Waals surface area contributed by atoms with Gasteiger partial charge in [0, 0.05) is 49.0 Å². The lowest BCUT2D eigenvalue weighted by atomic mass is 10.1. The zero-order valence-electron chi connectivity index (χ0n) is 16.9. The number of fused-ring (bicyclic) bond motifs is 1. The number of ether oxygens (including phenoxy) is 1. The van der Waals surface area contributed by atoms with E-state index in [1.54, 1.807) is 28.9 Å². The van der Waals surface area contributed by atoms with E-state index in [-0.39, 0.29) is 11.5 Å². The first kappa shape index (κ1) is 20.7. The van der Waals surface area contributed by atoms with E-state index in [9.17, 15) is 13.6 Å². The molecule has 1 saturated heterocycles. The average molecular weight is 455 g/mol. The van der Waals surface area contributed by atoms with Crippen molar-refractivity contribution in [2.75, 3.05) is 31.6 Å². The number of thiazole rings is 1. The van der Waals surface area contributed by atoms with Gasteiger partial charge in [-0.2, -0.15) is 0 Å². The molecule has 5 rings (SSSR count). The zero-order valence-corrected chi connectivity index (χ0v) is 17.7. The number of morpholine rings is 1. The number of anilines is 1. The molecule has 1 aromatic carbocycles. The summed E-state index contributed by atoms with van der Waals surface area (Å²) in [5, 5.41) is 5.25. The Bertz CT molecular complexity index is 1280. The Morgan fingerprint density at radius 3 is 2.84 bits per heavy atom. The Morgan fingerprint density at radius 2 is 2.03 bits per heavy atom. The molecule has 1 fully saturated rings. The molecule has 10 heteroatoms. The van der Waals surface area contributed by atoms with Crippen molar-refractivity contribution < 1.29 is 18.3 Å². The Labute approximate surface area is 186 Å². The molecule has 0 bridgehead atoms. The highest BCUT2D eigenvalue weighted by Crippen LogP contribution is 2.25. The minimum Gasteiger partial charge on any atom is -0.379 e. The van der Waals surface area contributed by atoms with Crippen LogP contribution in [0.15, 0.2) is 48.1 Å². The van der Waals surface area contributed by atoms with Gasteiger partial charge in [0.25, 0.3) is 5.91 Å². The second-order valence-electron chi connectivity index (χ2n) is 7.39. The highest BCUT2D eigenvalue weighted by atomic mass is 32.1. The first-order valence-corrected chi connectivity index (χ1v) is 10.9. The van der Waals surface area contributed by atoms with Gasteiger partial charge in [0.15, 0.2) is 5.13 Å². The molecule has 4 heterocycles. The van der Waals surface area contributed by atoms with Gasteiger partial charge >= 0.3 is 0 Å². The second kappa shape index (κ2) is 8.73. The Morgan fingerprint density at radius 1 is 1.19 bits per heavy atom. The number of benzene rings is 1. The molecule has 4 aromatic rings. The molecule has 1 aliphatic rings. The zero-order chi connectivity index (χ0) is 22.1. The third-order valence-electron chi connectivity index (χ3n) is 5.20. The van der Waals surface area contributed by atoms with E-state index in [1.807, 2.05) is 5.38 Å². The van der Waals surface area contributed by atoms with Crippen LogP contribution < -0.4 is 5.32 Å². The maximum absolute atomic E-state index is 14.2. The third kappa shape index (κ3) is 4.24. The van der Waals surface area contributed by atoms with Crippen LogP contribution in [0.4, 0.5) is 13.9 Å². The summed E-state index contributed by atoms with van der Waals surface area (Å²) >= 11 is 1.36. The molecule has 0 spiro atoms. The lowest BCUT2D eigenvalue weighted by molar-refractivity contribution is 0.0337. The van der Waals surface area contributed by atoms with Crippen LogP contribution in [0.3, 0.4) is 0 Å². The number of aromatic nitrogens is 3. The highest BCUT2D eigenvalue weighted by Gasteiger charge is 2.18. The van der Waals surface area contributed by atoms with Crippen LogP contribution in [0, 0.1) is 11.6 Å². The SMILES string of the molecule is O=C(Nc1nc(CN2CCOCC2)cs1)c1cccn2cc(-c3ccc(F)cc3F)nc12. The smallest absolute Gasteiger partial charge is 0.261 e. The largest absolute Gasteiger partial charge is 0.379 e. The number of carbonyl (C=O) groups excluding carboxylic acids is 1. The van der Waals surface area contributed by atoms with Gasteiger partial charge in [0.1, 0.15) is 17.3 Å². The molecule has 7 nitrogen and oxygen atoms in total. The Kier molecular flexibility index (Phi) is 5.64. The molecule has 0 saturated carbocycles. The molecule has 1 aliphatic heterocycles. The van der Waals surface area contributed by atoms with E-state index in [4.69, 9.17) is 4.74 Å². The Balaban J connectivity index is 1.36. The van der Waals surface area contributed by atoms with E-state index in [2.05, 4.69) is 20.2 Å². The van der Waals surface area contributed by atoms with Crippen molar-refractivity contribution in [2.45, 2.75) is 6.54 Å². The molecule has 1 N–H and O–H groups in total. The summed E-state index contributed by atoms with van der Waals surface area (Å²) in [6.45, 7) is 3.85. The molecule has 0 unspecified atom stereocenters. The van der Waals surface area contributed by atoms with E-state index in [0.717, 1.165) is 24.8 Å². The van der Waals surface area contributed by atoms with Crippen LogP contribution in [0.5, 0.6) is 0 Å². The van der Waals surface area contributed by atoms with Crippen molar-refractivity contribution in [1.29, 1.82) is 0 Å². The molecule has 0 radical (unpaired) electrons. The van der Waals surface area contributed by atoms with E-state index >= 15 is 0 Å². The topological polar surface area (TPSA) is 71.8 Å². The van der Waals surface area contributed by atoms with Crippen LogP contribution in [0.25, 0.3) is 16.9 Å². The van der Waals surface area contributed by atoms with E-state index < -0.39 is 11.6 Å². The summed E-state index contributed by atoms with van der Waals surface area (Å²) < 4.78 is 34.4. The fourth-order valence-corrected chi connectivity index (χ4v) is 4.30. The molecule has 3 aromatic heterocycles. The summed E-state index contributed by atoms with van der Waals surface area (Å²) in [7, 11) is 0. The van der Waals surface area contributed by atoms with Gasteiger partial charge in [-0.15, -0.1) is 11.3 Å². The summed E-state index contributed by atoms with van der Waals surface area (Å²) in [4.78, 5) is 24.1. The van der Waals surface area contributed by atoms with Crippen LogP contribution in [0.1, 0.15) is 16.1 Å². The maximum Gasteiger partial charge on any atom is 0.261 e. The van der Waals surface area contributed by atoms with Crippen LogP contribution in [0.2, 0.25) is 0 Å². The number of imidazole rings is 1. The second-order valence-corrected chi connectivity index (χ2v) is 8.25. The predicted octanol–water partition coefficient (Wildman–Crippen LogP) is 3.82. The van der Waals surface area contributed by atoms with Crippen LogP contribution >= 0.6 is 11.3 Å². The van der Waals surface area contributed by atoms with Gasteiger partial charge < -0.3 is 9.14 Å². The van der Waals surface area contributed by atoms with E-state index in [0.29, 0.717) is 41.8 Å². The predicted molar refractivity (Wildman–Crippen MR) is 117 cm³/mol. The number of halogens is 2. The van der Waals surface area contributed by atoms with Crippen LogP contribution in [-0.2, 0) is 11.3 Å². The fraction of sp³-hybridized carbons (Fsp3) is 0.227. The van der Waals surface area contributed by atoms with Crippen molar-refractivity contribution in [1.82, 2.24) is 19.3 Å². The minimum absolute atomic E-state index is 0.161. The average Bonchev–Trinajstić information content (AvgIpc) is 3.40. The first-order chi connectivity index (χ1) is 15.6. The standard InChI is InChI=1S/C22H19F2N5O2S/c23-14-3-4-16(18(24)10-14)19-12-29-5-1-2-17(20(29)26-19)21(30)27-22-25-15(13-32-22)11-28-6-8-31-9-7-28/h1-5,10,12-13H,6-9,11H2,(H,25,27,30). The first-order valence-electron chi connectivity index (χ1n) is 10.1. The molecule has 1 amide bonds. The van der Waals surface area contributed by atoms with Gasteiger partial charge in [0.05, 0.1) is 30.2 Å². The number of nitrogens with zero attached hydrogens (tertiary/aromatic N) is 4. The molecule has 0 aliphatic carbocycles.